The van der Waals surface area contributed by atoms with E-state index in [1.807, 2.05) is 22.4 Å². The fourth-order valence-electron chi connectivity index (χ4n) is 2.06. The number of aryl methyl sites for hydroxylation is 1. The van der Waals surface area contributed by atoms with Crippen LogP contribution in [0.3, 0.4) is 0 Å². The van der Waals surface area contributed by atoms with Gasteiger partial charge in [0.25, 0.3) is 0 Å². The lowest BCUT2D eigenvalue weighted by Crippen LogP contribution is -1.98. The van der Waals surface area contributed by atoms with Crippen LogP contribution < -0.4 is 5.73 Å². The molecule has 0 spiro atoms. The summed E-state index contributed by atoms with van der Waals surface area (Å²) in [5, 5.41) is 4.25. The molecule has 0 aliphatic heterocycles. The van der Waals surface area contributed by atoms with E-state index in [0.29, 0.717) is 0 Å². The topological polar surface area (TPSA) is 61.7 Å². The second-order valence-corrected chi connectivity index (χ2v) is 4.44. The zero-order chi connectivity index (χ0) is 14.1. The summed E-state index contributed by atoms with van der Waals surface area (Å²) in [7, 11) is 0. The second kappa shape index (κ2) is 4.80. The predicted octanol–water partition coefficient (Wildman–Crippen LogP) is 2.48. The number of nitrogens with zero attached hydrogens (tertiary/aromatic N) is 4. The third-order valence-corrected chi connectivity index (χ3v) is 3.15. The third kappa shape index (κ3) is 2.05. The number of hydrogen-bond donors (Lipinski definition) is 1. The van der Waals surface area contributed by atoms with Crippen molar-refractivity contribution in [2.45, 2.75) is 13.5 Å². The molecule has 5 nitrogen and oxygen atoms in total. The maximum Gasteiger partial charge on any atom is 0.146 e. The number of nitrogens with two attached hydrogens (primary N) is 1. The number of aromatic nitrogens is 4. The minimum Gasteiger partial charge on any atom is -0.396 e. The molecule has 0 saturated heterocycles. The van der Waals surface area contributed by atoms with Gasteiger partial charge in [-0.05, 0) is 25.1 Å². The fraction of sp³-hybridized carbons (Fsp3) is 0.143. The SMILES string of the molecule is CCn1cc(-c2cncn2-c2ccc(F)c(N)c2)cn1. The maximum atomic E-state index is 13.2. The van der Waals surface area contributed by atoms with Gasteiger partial charge in [-0.15, -0.1) is 0 Å². The number of imidazole rings is 1. The summed E-state index contributed by atoms with van der Waals surface area (Å²) in [6.45, 7) is 2.83. The Morgan fingerprint density at radius 3 is 2.85 bits per heavy atom. The first-order valence-corrected chi connectivity index (χ1v) is 6.29. The molecule has 3 rings (SSSR count). The minimum atomic E-state index is -0.422. The fourth-order valence-corrected chi connectivity index (χ4v) is 2.06. The van der Waals surface area contributed by atoms with Crippen molar-refractivity contribution in [3.05, 3.63) is 48.9 Å². The van der Waals surface area contributed by atoms with Gasteiger partial charge in [-0.2, -0.15) is 5.10 Å². The summed E-state index contributed by atoms with van der Waals surface area (Å²) in [6.07, 6.45) is 7.14. The Hall–Kier alpha value is -2.63. The predicted molar refractivity (Wildman–Crippen MR) is 74.8 cm³/mol. The van der Waals surface area contributed by atoms with Crippen molar-refractivity contribution < 1.29 is 4.39 Å². The van der Waals surface area contributed by atoms with E-state index < -0.39 is 5.82 Å². The first-order chi connectivity index (χ1) is 9.69. The Morgan fingerprint density at radius 2 is 2.15 bits per heavy atom. The summed E-state index contributed by atoms with van der Waals surface area (Å²) < 4.78 is 16.9. The quantitative estimate of drug-likeness (QED) is 0.744. The first-order valence-electron chi connectivity index (χ1n) is 6.29. The molecule has 0 saturated carbocycles. The lowest BCUT2D eigenvalue weighted by Gasteiger charge is -2.08. The molecule has 2 aromatic heterocycles. The summed E-state index contributed by atoms with van der Waals surface area (Å²) in [5.74, 6) is -0.422. The summed E-state index contributed by atoms with van der Waals surface area (Å²) >= 11 is 0. The van der Waals surface area contributed by atoms with Gasteiger partial charge in [0.2, 0.25) is 0 Å². The second-order valence-electron chi connectivity index (χ2n) is 4.44. The van der Waals surface area contributed by atoms with Crippen LogP contribution in [0.1, 0.15) is 6.92 Å². The average molecular weight is 271 g/mol. The van der Waals surface area contributed by atoms with Crippen LogP contribution in [0.25, 0.3) is 16.9 Å². The van der Waals surface area contributed by atoms with Crippen LogP contribution in [0.15, 0.2) is 43.1 Å². The van der Waals surface area contributed by atoms with Crippen LogP contribution in [0, 0.1) is 5.82 Å². The molecule has 2 N–H and O–H groups in total. The largest absolute Gasteiger partial charge is 0.396 e. The van der Waals surface area contributed by atoms with E-state index in [0.717, 1.165) is 23.5 Å². The van der Waals surface area contributed by atoms with Gasteiger partial charge in [-0.1, -0.05) is 0 Å². The Balaban J connectivity index is 2.07. The molecule has 2 heterocycles. The van der Waals surface area contributed by atoms with E-state index in [4.69, 9.17) is 5.73 Å². The van der Waals surface area contributed by atoms with Gasteiger partial charge < -0.3 is 5.73 Å². The van der Waals surface area contributed by atoms with E-state index in [2.05, 4.69) is 10.1 Å². The molecule has 0 atom stereocenters. The molecule has 102 valence electrons. The van der Waals surface area contributed by atoms with Crippen molar-refractivity contribution >= 4 is 5.69 Å². The molecule has 3 aromatic rings. The molecule has 20 heavy (non-hydrogen) atoms. The molecule has 6 heteroatoms. The van der Waals surface area contributed by atoms with Gasteiger partial charge in [0.1, 0.15) is 5.82 Å². The molecule has 0 amide bonds. The number of rotatable bonds is 3. The van der Waals surface area contributed by atoms with Crippen LogP contribution in [-0.4, -0.2) is 19.3 Å². The van der Waals surface area contributed by atoms with Crippen molar-refractivity contribution in [2.24, 2.45) is 0 Å². The minimum absolute atomic E-state index is 0.117. The van der Waals surface area contributed by atoms with Crippen LogP contribution in [0.5, 0.6) is 0 Å². The van der Waals surface area contributed by atoms with Crippen molar-refractivity contribution in [2.75, 3.05) is 5.73 Å². The lowest BCUT2D eigenvalue weighted by atomic mass is 10.2. The molecular weight excluding hydrogens is 257 g/mol. The molecule has 1 aromatic carbocycles. The van der Waals surface area contributed by atoms with Crippen molar-refractivity contribution in [3.8, 4) is 16.9 Å². The smallest absolute Gasteiger partial charge is 0.146 e. The Kier molecular flexibility index (Phi) is 2.98. The van der Waals surface area contributed by atoms with Crippen LogP contribution in [-0.2, 0) is 6.54 Å². The van der Waals surface area contributed by atoms with Crippen molar-refractivity contribution in [1.82, 2.24) is 19.3 Å². The highest BCUT2D eigenvalue weighted by Gasteiger charge is 2.10. The number of benzene rings is 1. The maximum absolute atomic E-state index is 13.2. The Labute approximate surface area is 115 Å². The number of hydrogen-bond acceptors (Lipinski definition) is 3. The third-order valence-electron chi connectivity index (χ3n) is 3.15. The molecule has 0 unspecified atom stereocenters. The molecule has 0 fully saturated rings. The van der Waals surface area contributed by atoms with Gasteiger partial charge >= 0.3 is 0 Å². The number of anilines is 1. The van der Waals surface area contributed by atoms with Crippen LogP contribution in [0.4, 0.5) is 10.1 Å². The van der Waals surface area contributed by atoms with E-state index in [1.54, 1.807) is 30.9 Å². The van der Waals surface area contributed by atoms with Crippen LogP contribution >= 0.6 is 0 Å². The monoisotopic (exact) mass is 271 g/mol. The van der Waals surface area contributed by atoms with Gasteiger partial charge in [-0.25, -0.2) is 9.37 Å². The highest BCUT2D eigenvalue weighted by molar-refractivity contribution is 5.61. The highest BCUT2D eigenvalue weighted by Crippen LogP contribution is 2.24. The Morgan fingerprint density at radius 1 is 1.30 bits per heavy atom. The van der Waals surface area contributed by atoms with Crippen LogP contribution in [0.2, 0.25) is 0 Å². The average Bonchev–Trinajstić information content (AvgIpc) is 3.09. The van der Waals surface area contributed by atoms with Gasteiger partial charge in [0, 0.05) is 24.0 Å². The van der Waals surface area contributed by atoms with E-state index in [-0.39, 0.29) is 5.69 Å². The summed E-state index contributed by atoms with van der Waals surface area (Å²) in [5.41, 5.74) is 8.33. The van der Waals surface area contributed by atoms with Crippen molar-refractivity contribution in [3.63, 3.8) is 0 Å². The molecule has 0 aliphatic rings. The molecule has 0 aliphatic carbocycles. The molecular formula is C14H14FN5. The summed E-state index contributed by atoms with van der Waals surface area (Å²) in [6, 6.07) is 4.61. The van der Waals surface area contributed by atoms with Gasteiger partial charge in [0.15, 0.2) is 0 Å². The summed E-state index contributed by atoms with van der Waals surface area (Å²) in [4.78, 5) is 4.15. The van der Waals surface area contributed by atoms with E-state index in [1.165, 1.54) is 6.07 Å². The molecule has 0 bridgehead atoms. The standard InChI is InChI=1S/C14H14FN5/c1-2-19-8-10(6-18-19)14-7-17-9-20(14)11-3-4-12(15)13(16)5-11/h3-9H,2,16H2,1H3. The lowest BCUT2D eigenvalue weighted by molar-refractivity contribution is 0.632. The highest BCUT2D eigenvalue weighted by atomic mass is 19.1. The molecule has 0 radical (unpaired) electrons. The van der Waals surface area contributed by atoms with Gasteiger partial charge in [-0.3, -0.25) is 9.25 Å². The number of nitrogen functional groups attached to an aromatic ring is 1. The van der Waals surface area contributed by atoms with Crippen molar-refractivity contribution in [1.29, 1.82) is 0 Å². The zero-order valence-corrected chi connectivity index (χ0v) is 11.0. The van der Waals surface area contributed by atoms with E-state index in [9.17, 15) is 4.39 Å². The zero-order valence-electron chi connectivity index (χ0n) is 11.0. The normalized spacial score (nSPS) is 10.9. The first kappa shape index (κ1) is 12.4. The number of halogens is 1. The van der Waals surface area contributed by atoms with E-state index >= 15 is 0 Å². The Bertz CT molecular complexity index is 744. The van der Waals surface area contributed by atoms with Gasteiger partial charge in [0.05, 0.1) is 30.1 Å².